The summed E-state index contributed by atoms with van der Waals surface area (Å²) in [6, 6.07) is 5.87. The molecular weight excluding hydrogens is 258 g/mol. The molecule has 1 aromatic rings. The third-order valence-corrected chi connectivity index (χ3v) is 2.49. The number of benzene rings is 1. The predicted molar refractivity (Wildman–Crippen MR) is 64.1 cm³/mol. The quantitative estimate of drug-likeness (QED) is 0.862. The van der Waals surface area contributed by atoms with E-state index in [1.165, 1.54) is 0 Å². The largest absolute Gasteiger partial charge is 0.496 e. The average Bonchev–Trinajstić information content (AvgIpc) is 2.17. The fourth-order valence-electron chi connectivity index (χ4n) is 1.30. The lowest BCUT2D eigenvalue weighted by Gasteiger charge is -2.11. The topological polar surface area (TPSA) is 41.5 Å². The van der Waals surface area contributed by atoms with Gasteiger partial charge in [-0.1, -0.05) is 15.9 Å². The Balaban J connectivity index is 2.62. The number of nitrogens with one attached hydrogen (secondary N) is 1. The van der Waals surface area contributed by atoms with Crippen LogP contribution in [0.1, 0.15) is 12.5 Å². The molecule has 0 saturated heterocycles. The Labute approximate surface area is 98.6 Å². The van der Waals surface area contributed by atoms with Crippen LogP contribution in [0.4, 0.5) is 0 Å². The Bertz CT molecular complexity index is 315. The molecule has 4 heteroatoms. The zero-order valence-electron chi connectivity index (χ0n) is 8.96. The molecule has 1 aromatic carbocycles. The van der Waals surface area contributed by atoms with Crippen molar-refractivity contribution in [1.82, 2.24) is 5.32 Å². The molecule has 1 atom stereocenters. The fraction of sp³-hybridized carbons (Fsp3) is 0.455. The SMILES string of the molecule is COc1ccc(Br)cc1CNCC(C)O. The highest BCUT2D eigenvalue weighted by Gasteiger charge is 2.03. The van der Waals surface area contributed by atoms with Crippen LogP contribution in [0.5, 0.6) is 5.75 Å². The van der Waals surface area contributed by atoms with Crippen molar-refractivity contribution in [1.29, 1.82) is 0 Å². The minimum absolute atomic E-state index is 0.330. The van der Waals surface area contributed by atoms with E-state index in [1.54, 1.807) is 14.0 Å². The lowest BCUT2D eigenvalue weighted by molar-refractivity contribution is 0.191. The number of halogens is 1. The molecule has 2 N–H and O–H groups in total. The van der Waals surface area contributed by atoms with Crippen LogP contribution in [0.15, 0.2) is 22.7 Å². The van der Waals surface area contributed by atoms with Gasteiger partial charge in [-0.15, -0.1) is 0 Å². The van der Waals surface area contributed by atoms with Crippen LogP contribution in [0.2, 0.25) is 0 Å². The number of rotatable bonds is 5. The summed E-state index contributed by atoms with van der Waals surface area (Å²) in [5, 5.41) is 12.3. The third kappa shape index (κ3) is 4.20. The van der Waals surface area contributed by atoms with Gasteiger partial charge in [0.05, 0.1) is 13.2 Å². The Kier molecular flexibility index (Phi) is 5.08. The molecule has 0 bridgehead atoms. The zero-order chi connectivity index (χ0) is 11.3. The van der Waals surface area contributed by atoms with E-state index in [2.05, 4.69) is 21.2 Å². The van der Waals surface area contributed by atoms with E-state index in [4.69, 9.17) is 9.84 Å². The molecule has 1 unspecified atom stereocenters. The predicted octanol–water partition coefficient (Wildman–Crippen LogP) is 1.93. The molecule has 0 aliphatic carbocycles. The number of aliphatic hydroxyl groups is 1. The molecule has 0 heterocycles. The summed E-state index contributed by atoms with van der Waals surface area (Å²) in [6.45, 7) is 3.02. The second kappa shape index (κ2) is 6.10. The first-order valence-corrected chi connectivity index (χ1v) is 5.64. The van der Waals surface area contributed by atoms with Gasteiger partial charge in [0.1, 0.15) is 5.75 Å². The van der Waals surface area contributed by atoms with Crippen molar-refractivity contribution in [2.45, 2.75) is 19.6 Å². The molecule has 0 aliphatic rings. The molecule has 3 nitrogen and oxygen atoms in total. The van der Waals surface area contributed by atoms with Gasteiger partial charge in [-0.25, -0.2) is 0 Å². The van der Waals surface area contributed by atoms with E-state index >= 15 is 0 Å². The van der Waals surface area contributed by atoms with Crippen LogP contribution in [-0.4, -0.2) is 24.9 Å². The maximum absolute atomic E-state index is 9.11. The number of ether oxygens (including phenoxy) is 1. The van der Waals surface area contributed by atoms with Gasteiger partial charge in [0, 0.05) is 23.1 Å². The molecule has 0 fully saturated rings. The highest BCUT2D eigenvalue weighted by atomic mass is 79.9. The lowest BCUT2D eigenvalue weighted by Crippen LogP contribution is -2.24. The second-order valence-electron chi connectivity index (χ2n) is 3.44. The summed E-state index contributed by atoms with van der Waals surface area (Å²) < 4.78 is 6.26. The van der Waals surface area contributed by atoms with Crippen molar-refractivity contribution in [3.63, 3.8) is 0 Å². The van der Waals surface area contributed by atoms with E-state index in [-0.39, 0.29) is 6.10 Å². The van der Waals surface area contributed by atoms with Gasteiger partial charge in [-0.2, -0.15) is 0 Å². The maximum atomic E-state index is 9.11. The minimum Gasteiger partial charge on any atom is -0.496 e. The molecule has 0 radical (unpaired) electrons. The first kappa shape index (κ1) is 12.5. The molecule has 0 aromatic heterocycles. The fourth-order valence-corrected chi connectivity index (χ4v) is 1.71. The number of hydrogen-bond acceptors (Lipinski definition) is 3. The van der Waals surface area contributed by atoms with E-state index in [1.807, 2.05) is 18.2 Å². The minimum atomic E-state index is -0.330. The van der Waals surface area contributed by atoms with Crippen LogP contribution in [0.25, 0.3) is 0 Å². The number of aliphatic hydroxyl groups excluding tert-OH is 1. The summed E-state index contributed by atoms with van der Waals surface area (Å²) in [6.07, 6.45) is -0.330. The Morgan fingerprint density at radius 3 is 2.87 bits per heavy atom. The summed E-state index contributed by atoms with van der Waals surface area (Å²) in [5.74, 6) is 0.858. The molecule has 0 saturated carbocycles. The average molecular weight is 274 g/mol. The number of methoxy groups -OCH3 is 1. The Morgan fingerprint density at radius 1 is 1.53 bits per heavy atom. The Morgan fingerprint density at radius 2 is 2.27 bits per heavy atom. The van der Waals surface area contributed by atoms with Gasteiger partial charge in [0.2, 0.25) is 0 Å². The maximum Gasteiger partial charge on any atom is 0.123 e. The second-order valence-corrected chi connectivity index (χ2v) is 4.35. The van der Waals surface area contributed by atoms with E-state index in [0.717, 1.165) is 15.8 Å². The van der Waals surface area contributed by atoms with E-state index in [9.17, 15) is 0 Å². The highest BCUT2D eigenvalue weighted by molar-refractivity contribution is 9.10. The standard InChI is InChI=1S/C11H16BrNO2/c1-8(14)6-13-7-9-5-10(12)3-4-11(9)15-2/h3-5,8,13-14H,6-7H2,1-2H3. The lowest BCUT2D eigenvalue weighted by atomic mass is 10.2. The molecule has 1 rings (SSSR count). The molecule has 0 aliphatic heterocycles. The van der Waals surface area contributed by atoms with Crippen LogP contribution in [0.3, 0.4) is 0 Å². The number of hydrogen-bond donors (Lipinski definition) is 2. The Hall–Kier alpha value is -0.580. The molecule has 84 valence electrons. The van der Waals surface area contributed by atoms with Crippen molar-refractivity contribution in [2.24, 2.45) is 0 Å². The van der Waals surface area contributed by atoms with Gasteiger partial charge < -0.3 is 15.2 Å². The van der Waals surface area contributed by atoms with Crippen LogP contribution < -0.4 is 10.1 Å². The molecule has 0 spiro atoms. The molecular formula is C11H16BrNO2. The van der Waals surface area contributed by atoms with Crippen molar-refractivity contribution in [3.8, 4) is 5.75 Å². The molecule has 0 amide bonds. The van der Waals surface area contributed by atoms with E-state index < -0.39 is 0 Å². The summed E-state index contributed by atoms with van der Waals surface area (Å²) in [7, 11) is 1.65. The van der Waals surface area contributed by atoms with Gasteiger partial charge in [0.25, 0.3) is 0 Å². The summed E-state index contributed by atoms with van der Waals surface area (Å²) >= 11 is 3.41. The van der Waals surface area contributed by atoms with Crippen molar-refractivity contribution < 1.29 is 9.84 Å². The first-order chi connectivity index (χ1) is 7.13. The van der Waals surface area contributed by atoms with Gasteiger partial charge in [-0.05, 0) is 25.1 Å². The first-order valence-electron chi connectivity index (χ1n) is 4.84. The van der Waals surface area contributed by atoms with Gasteiger partial charge in [-0.3, -0.25) is 0 Å². The van der Waals surface area contributed by atoms with Gasteiger partial charge >= 0.3 is 0 Å². The smallest absolute Gasteiger partial charge is 0.123 e. The monoisotopic (exact) mass is 273 g/mol. The van der Waals surface area contributed by atoms with E-state index in [0.29, 0.717) is 13.1 Å². The summed E-state index contributed by atoms with van der Waals surface area (Å²) in [5.41, 5.74) is 1.08. The van der Waals surface area contributed by atoms with Gasteiger partial charge in [0.15, 0.2) is 0 Å². The van der Waals surface area contributed by atoms with Crippen LogP contribution >= 0.6 is 15.9 Å². The van der Waals surface area contributed by atoms with Crippen LogP contribution in [-0.2, 0) is 6.54 Å². The third-order valence-electron chi connectivity index (χ3n) is 2.00. The van der Waals surface area contributed by atoms with Crippen molar-refractivity contribution >= 4 is 15.9 Å². The van der Waals surface area contributed by atoms with Crippen molar-refractivity contribution in [2.75, 3.05) is 13.7 Å². The normalized spacial score (nSPS) is 12.5. The van der Waals surface area contributed by atoms with Crippen LogP contribution in [0, 0.1) is 0 Å². The highest BCUT2D eigenvalue weighted by Crippen LogP contribution is 2.22. The summed E-state index contributed by atoms with van der Waals surface area (Å²) in [4.78, 5) is 0. The molecule has 15 heavy (non-hydrogen) atoms. The van der Waals surface area contributed by atoms with Crippen molar-refractivity contribution in [3.05, 3.63) is 28.2 Å². The zero-order valence-corrected chi connectivity index (χ0v) is 10.5.